The SMILES string of the molecule is Cc1nn(C)c(C(=O)N(CC(C)O)C(C)C)c1[N+](=O)[O-]. The fraction of sp³-hybridized carbons (Fsp3) is 0.667. The largest absolute Gasteiger partial charge is 0.392 e. The minimum absolute atomic E-state index is 0.0677. The molecule has 0 aromatic carbocycles. The zero-order valence-corrected chi connectivity index (χ0v) is 12.3. The van der Waals surface area contributed by atoms with Gasteiger partial charge in [-0.2, -0.15) is 5.10 Å². The number of hydrogen-bond acceptors (Lipinski definition) is 5. The molecule has 8 nitrogen and oxygen atoms in total. The van der Waals surface area contributed by atoms with E-state index in [1.165, 1.54) is 23.6 Å². The summed E-state index contributed by atoms with van der Waals surface area (Å²) in [5.41, 5.74) is -0.155. The van der Waals surface area contributed by atoms with Crippen LogP contribution in [0.15, 0.2) is 0 Å². The zero-order chi connectivity index (χ0) is 15.6. The van der Waals surface area contributed by atoms with Crippen LogP contribution in [-0.4, -0.2) is 49.3 Å². The molecule has 0 aliphatic heterocycles. The van der Waals surface area contributed by atoms with Crippen molar-refractivity contribution in [2.24, 2.45) is 7.05 Å². The lowest BCUT2D eigenvalue weighted by Gasteiger charge is -2.27. The average Bonchev–Trinajstić information content (AvgIpc) is 2.59. The molecule has 0 saturated heterocycles. The van der Waals surface area contributed by atoms with E-state index in [9.17, 15) is 20.0 Å². The molecule has 1 heterocycles. The molecule has 1 unspecified atom stereocenters. The molecule has 0 bridgehead atoms. The number of nitrogens with zero attached hydrogens (tertiary/aromatic N) is 4. The Morgan fingerprint density at radius 2 is 2.05 bits per heavy atom. The van der Waals surface area contributed by atoms with Crippen molar-refractivity contribution in [2.45, 2.75) is 39.8 Å². The highest BCUT2D eigenvalue weighted by Gasteiger charge is 2.33. The van der Waals surface area contributed by atoms with Crippen LogP contribution in [0, 0.1) is 17.0 Å². The molecular formula is C12H20N4O4. The Bertz CT molecular complexity index is 522. The summed E-state index contributed by atoms with van der Waals surface area (Å²) in [5, 5.41) is 24.5. The predicted octanol–water partition coefficient (Wildman–Crippen LogP) is 0.868. The van der Waals surface area contributed by atoms with Crippen LogP contribution in [0.2, 0.25) is 0 Å². The monoisotopic (exact) mass is 284 g/mol. The maximum absolute atomic E-state index is 12.5. The molecule has 1 atom stereocenters. The molecule has 0 radical (unpaired) electrons. The number of carbonyl (C=O) groups is 1. The summed E-state index contributed by atoms with van der Waals surface area (Å²) in [5.74, 6) is -0.504. The molecule has 20 heavy (non-hydrogen) atoms. The van der Waals surface area contributed by atoms with Gasteiger partial charge in [0, 0.05) is 19.6 Å². The fourth-order valence-electron chi connectivity index (χ4n) is 2.05. The lowest BCUT2D eigenvalue weighted by molar-refractivity contribution is -0.385. The second-order valence-electron chi connectivity index (χ2n) is 5.06. The minimum Gasteiger partial charge on any atom is -0.392 e. The summed E-state index contributed by atoms with van der Waals surface area (Å²) in [4.78, 5) is 24.4. The zero-order valence-electron chi connectivity index (χ0n) is 12.3. The van der Waals surface area contributed by atoms with Gasteiger partial charge < -0.3 is 10.0 Å². The summed E-state index contributed by atoms with van der Waals surface area (Å²) in [6, 6.07) is -0.188. The third kappa shape index (κ3) is 3.13. The van der Waals surface area contributed by atoms with Gasteiger partial charge in [0.1, 0.15) is 5.69 Å². The molecule has 1 N–H and O–H groups in total. The van der Waals surface area contributed by atoms with Gasteiger partial charge >= 0.3 is 5.69 Å². The maximum atomic E-state index is 12.5. The number of rotatable bonds is 5. The molecule has 1 aromatic heterocycles. The van der Waals surface area contributed by atoms with Crippen molar-refractivity contribution in [3.05, 3.63) is 21.5 Å². The second kappa shape index (κ2) is 6.00. The van der Waals surface area contributed by atoms with Gasteiger partial charge in [-0.25, -0.2) is 0 Å². The first-order valence-corrected chi connectivity index (χ1v) is 6.33. The molecule has 0 spiro atoms. The van der Waals surface area contributed by atoms with Crippen LogP contribution in [0.3, 0.4) is 0 Å². The standard InChI is InChI=1S/C12H20N4O4/c1-7(2)15(6-8(3)17)12(18)11-10(16(19)20)9(4)13-14(11)5/h7-8,17H,6H2,1-5H3. The third-order valence-corrected chi connectivity index (χ3v) is 2.92. The first-order chi connectivity index (χ1) is 9.16. The van der Waals surface area contributed by atoms with Crippen LogP contribution in [-0.2, 0) is 7.05 Å². The fourth-order valence-corrected chi connectivity index (χ4v) is 2.05. The molecule has 1 amide bonds. The van der Waals surface area contributed by atoms with E-state index in [1.807, 2.05) is 0 Å². The Balaban J connectivity index is 3.28. The van der Waals surface area contributed by atoms with Crippen LogP contribution in [0.25, 0.3) is 0 Å². The lowest BCUT2D eigenvalue weighted by Crippen LogP contribution is -2.42. The van der Waals surface area contributed by atoms with Gasteiger partial charge in [-0.15, -0.1) is 0 Å². The predicted molar refractivity (Wildman–Crippen MR) is 72.5 cm³/mol. The van der Waals surface area contributed by atoms with E-state index in [0.717, 1.165) is 0 Å². The van der Waals surface area contributed by atoms with E-state index in [-0.39, 0.29) is 29.7 Å². The molecule has 1 rings (SSSR count). The molecule has 0 saturated carbocycles. The molecule has 0 aliphatic rings. The summed E-state index contributed by atoms with van der Waals surface area (Å²) < 4.78 is 1.22. The molecule has 0 aliphatic carbocycles. The van der Waals surface area contributed by atoms with E-state index >= 15 is 0 Å². The highest BCUT2D eigenvalue weighted by molar-refractivity contribution is 5.97. The van der Waals surface area contributed by atoms with E-state index in [4.69, 9.17) is 0 Å². The molecular weight excluding hydrogens is 264 g/mol. The number of hydrogen-bond donors (Lipinski definition) is 1. The summed E-state index contributed by atoms with van der Waals surface area (Å²) in [6.45, 7) is 6.73. The summed E-state index contributed by atoms with van der Waals surface area (Å²) in [7, 11) is 1.49. The Morgan fingerprint density at radius 1 is 1.50 bits per heavy atom. The van der Waals surface area contributed by atoms with E-state index in [0.29, 0.717) is 0 Å². The average molecular weight is 284 g/mol. The van der Waals surface area contributed by atoms with Crippen molar-refractivity contribution >= 4 is 11.6 Å². The van der Waals surface area contributed by atoms with Crippen molar-refractivity contribution in [2.75, 3.05) is 6.54 Å². The van der Waals surface area contributed by atoms with Crippen LogP contribution >= 0.6 is 0 Å². The molecule has 1 aromatic rings. The highest BCUT2D eigenvalue weighted by Crippen LogP contribution is 2.24. The van der Waals surface area contributed by atoms with Gasteiger partial charge in [0.25, 0.3) is 5.91 Å². The van der Waals surface area contributed by atoms with Gasteiger partial charge in [0.05, 0.1) is 11.0 Å². The van der Waals surface area contributed by atoms with Crippen LogP contribution in [0.1, 0.15) is 37.0 Å². The van der Waals surface area contributed by atoms with Crippen molar-refractivity contribution in [1.29, 1.82) is 0 Å². The van der Waals surface area contributed by atoms with Crippen molar-refractivity contribution in [3.8, 4) is 0 Å². The van der Waals surface area contributed by atoms with Gasteiger partial charge in [0.15, 0.2) is 0 Å². The molecule has 0 fully saturated rings. The first-order valence-electron chi connectivity index (χ1n) is 6.33. The number of aliphatic hydroxyl groups excluding tert-OH is 1. The number of aliphatic hydroxyl groups is 1. The Labute approximate surface area is 117 Å². The summed E-state index contributed by atoms with van der Waals surface area (Å²) >= 11 is 0. The maximum Gasteiger partial charge on any atom is 0.322 e. The minimum atomic E-state index is -0.713. The quantitative estimate of drug-likeness (QED) is 0.638. The first kappa shape index (κ1) is 16.1. The van der Waals surface area contributed by atoms with Crippen LogP contribution in [0.4, 0.5) is 5.69 Å². The van der Waals surface area contributed by atoms with E-state index < -0.39 is 16.9 Å². The Morgan fingerprint density at radius 3 is 2.45 bits per heavy atom. The van der Waals surface area contributed by atoms with Gasteiger partial charge in [-0.05, 0) is 27.7 Å². The third-order valence-electron chi connectivity index (χ3n) is 2.92. The van der Waals surface area contributed by atoms with Crippen molar-refractivity contribution < 1.29 is 14.8 Å². The number of nitro groups is 1. The van der Waals surface area contributed by atoms with Gasteiger partial charge in [-0.3, -0.25) is 19.6 Å². The van der Waals surface area contributed by atoms with Crippen molar-refractivity contribution in [1.82, 2.24) is 14.7 Å². The Kier molecular flexibility index (Phi) is 4.83. The number of carbonyl (C=O) groups excluding carboxylic acids is 1. The smallest absolute Gasteiger partial charge is 0.322 e. The van der Waals surface area contributed by atoms with E-state index in [1.54, 1.807) is 20.8 Å². The second-order valence-corrected chi connectivity index (χ2v) is 5.06. The Hall–Kier alpha value is -1.96. The number of aryl methyl sites for hydroxylation is 2. The van der Waals surface area contributed by atoms with Gasteiger partial charge in [-0.1, -0.05) is 0 Å². The number of amides is 1. The highest BCUT2D eigenvalue weighted by atomic mass is 16.6. The van der Waals surface area contributed by atoms with Crippen LogP contribution in [0.5, 0.6) is 0 Å². The van der Waals surface area contributed by atoms with Gasteiger partial charge in [0.2, 0.25) is 5.69 Å². The topological polar surface area (TPSA) is 102 Å². The number of aromatic nitrogens is 2. The lowest BCUT2D eigenvalue weighted by atomic mass is 10.2. The van der Waals surface area contributed by atoms with Crippen molar-refractivity contribution in [3.63, 3.8) is 0 Å². The van der Waals surface area contributed by atoms with E-state index in [2.05, 4.69) is 5.10 Å². The summed E-state index contributed by atoms with van der Waals surface area (Å²) in [6.07, 6.45) is -0.713. The molecule has 8 heteroatoms. The van der Waals surface area contributed by atoms with Crippen LogP contribution < -0.4 is 0 Å². The normalized spacial score (nSPS) is 12.6. The molecule has 112 valence electrons.